The highest BCUT2D eigenvalue weighted by Crippen LogP contribution is 2.41. The van der Waals surface area contributed by atoms with E-state index in [1.807, 2.05) is 0 Å². The van der Waals surface area contributed by atoms with E-state index in [0.717, 1.165) is 12.8 Å². The molecule has 1 rings (SSSR count). The van der Waals surface area contributed by atoms with E-state index in [4.69, 9.17) is 9.84 Å². The molecule has 2 unspecified atom stereocenters. The molecule has 0 aliphatic carbocycles. The van der Waals surface area contributed by atoms with Crippen molar-refractivity contribution >= 4 is 0 Å². The predicted molar refractivity (Wildman–Crippen MR) is 85.1 cm³/mol. The first-order valence-electron chi connectivity index (χ1n) is 7.82. The first-order valence-corrected chi connectivity index (χ1v) is 7.82. The average Bonchev–Trinajstić information content (AvgIpc) is 2.45. The topological polar surface area (TPSA) is 29.5 Å². The normalized spacial score (nSPS) is 16.1. The summed E-state index contributed by atoms with van der Waals surface area (Å²) in [7, 11) is 0. The molecule has 0 spiro atoms. The summed E-state index contributed by atoms with van der Waals surface area (Å²) in [6.45, 7) is 11.5. The van der Waals surface area contributed by atoms with E-state index in [1.54, 1.807) is 0 Å². The minimum Gasteiger partial charge on any atom is -0.394 e. The van der Waals surface area contributed by atoms with Crippen LogP contribution >= 0.6 is 0 Å². The maximum absolute atomic E-state index is 9.09. The molecule has 2 nitrogen and oxygen atoms in total. The van der Waals surface area contributed by atoms with Crippen LogP contribution in [0.1, 0.15) is 58.1 Å². The maximum Gasteiger partial charge on any atom is 0.0723 e. The Morgan fingerprint density at radius 1 is 1.20 bits per heavy atom. The van der Waals surface area contributed by atoms with Gasteiger partial charge in [0.25, 0.3) is 0 Å². The molecule has 0 radical (unpaired) electrons. The Morgan fingerprint density at radius 3 is 2.35 bits per heavy atom. The summed E-state index contributed by atoms with van der Waals surface area (Å²) in [5.41, 5.74) is 2.56. The van der Waals surface area contributed by atoms with Gasteiger partial charge in [-0.05, 0) is 36.8 Å². The smallest absolute Gasteiger partial charge is 0.0723 e. The average molecular weight is 278 g/mol. The van der Waals surface area contributed by atoms with Crippen LogP contribution in [0.5, 0.6) is 0 Å². The minimum atomic E-state index is -0.234. The van der Waals surface area contributed by atoms with Gasteiger partial charge in [0.15, 0.2) is 0 Å². The van der Waals surface area contributed by atoms with Crippen molar-refractivity contribution in [2.45, 2.75) is 59.0 Å². The molecule has 0 aliphatic rings. The minimum absolute atomic E-state index is 0.0792. The van der Waals surface area contributed by atoms with Gasteiger partial charge in [-0.15, -0.1) is 0 Å². The Bertz CT molecular complexity index is 400. The van der Waals surface area contributed by atoms with Crippen LogP contribution in [0.3, 0.4) is 0 Å². The zero-order valence-corrected chi connectivity index (χ0v) is 13.6. The quantitative estimate of drug-likeness (QED) is 0.773. The Labute approximate surface area is 124 Å². The van der Waals surface area contributed by atoms with Crippen molar-refractivity contribution in [1.82, 2.24) is 0 Å². The lowest BCUT2D eigenvalue weighted by Crippen LogP contribution is -2.39. The summed E-state index contributed by atoms with van der Waals surface area (Å²) in [5.74, 6) is 0.835. The fraction of sp³-hybridized carbons (Fsp3) is 0.667. The molecule has 2 heteroatoms. The highest BCUT2D eigenvalue weighted by atomic mass is 16.5. The molecule has 20 heavy (non-hydrogen) atoms. The van der Waals surface area contributed by atoms with Crippen LogP contribution in [0.2, 0.25) is 0 Å². The summed E-state index contributed by atoms with van der Waals surface area (Å²) < 4.78 is 6.06. The zero-order valence-electron chi connectivity index (χ0n) is 13.6. The molecule has 0 heterocycles. The van der Waals surface area contributed by atoms with Crippen molar-refractivity contribution in [1.29, 1.82) is 0 Å². The highest BCUT2D eigenvalue weighted by molar-refractivity contribution is 5.33. The number of benzene rings is 1. The molecule has 0 fully saturated rings. The van der Waals surface area contributed by atoms with Crippen molar-refractivity contribution in [3.05, 3.63) is 35.4 Å². The SMILES string of the molecule is CCc1ccccc1C(C(C)C)C(C)(CC)OCCO. The Kier molecular flexibility index (Phi) is 6.70. The van der Waals surface area contributed by atoms with Crippen molar-refractivity contribution in [2.75, 3.05) is 13.2 Å². The summed E-state index contributed by atoms with van der Waals surface area (Å²) >= 11 is 0. The standard InChI is InChI=1S/C18H30O2/c1-6-15-10-8-9-11-16(15)17(14(3)4)18(5,7-2)20-13-12-19/h8-11,14,17,19H,6-7,12-13H2,1-5H3. The van der Waals surface area contributed by atoms with E-state index in [0.29, 0.717) is 18.4 Å². The number of rotatable bonds is 8. The van der Waals surface area contributed by atoms with E-state index < -0.39 is 0 Å². The monoisotopic (exact) mass is 278 g/mol. The maximum atomic E-state index is 9.09. The molecule has 0 saturated carbocycles. The lowest BCUT2D eigenvalue weighted by Gasteiger charge is -2.40. The number of ether oxygens (including phenoxy) is 1. The number of aliphatic hydroxyl groups is 1. The first-order chi connectivity index (χ1) is 9.50. The van der Waals surface area contributed by atoms with Gasteiger partial charge in [-0.3, -0.25) is 0 Å². The van der Waals surface area contributed by atoms with Crippen LogP contribution in [0.15, 0.2) is 24.3 Å². The fourth-order valence-corrected chi connectivity index (χ4v) is 3.24. The Morgan fingerprint density at radius 2 is 1.85 bits per heavy atom. The fourth-order valence-electron chi connectivity index (χ4n) is 3.24. The van der Waals surface area contributed by atoms with E-state index in [-0.39, 0.29) is 12.2 Å². The first kappa shape index (κ1) is 17.2. The van der Waals surface area contributed by atoms with Crippen molar-refractivity contribution < 1.29 is 9.84 Å². The molecule has 0 aromatic heterocycles. The van der Waals surface area contributed by atoms with Crippen LogP contribution in [0.4, 0.5) is 0 Å². The molecule has 0 saturated heterocycles. The Balaban J connectivity index is 3.21. The predicted octanol–water partition coefficient (Wildman–Crippen LogP) is 4.17. The molecule has 0 aliphatic heterocycles. The third-order valence-electron chi connectivity index (χ3n) is 4.32. The van der Waals surface area contributed by atoms with E-state index in [2.05, 4.69) is 58.9 Å². The second-order valence-corrected chi connectivity index (χ2v) is 6.01. The van der Waals surface area contributed by atoms with Crippen molar-refractivity contribution in [3.63, 3.8) is 0 Å². The van der Waals surface area contributed by atoms with Gasteiger partial charge >= 0.3 is 0 Å². The van der Waals surface area contributed by atoms with Crippen LogP contribution in [0.25, 0.3) is 0 Å². The molecule has 1 N–H and O–H groups in total. The van der Waals surface area contributed by atoms with E-state index in [1.165, 1.54) is 11.1 Å². The van der Waals surface area contributed by atoms with Crippen molar-refractivity contribution in [3.8, 4) is 0 Å². The number of aliphatic hydroxyl groups excluding tert-OH is 1. The number of hydrogen-bond donors (Lipinski definition) is 1. The van der Waals surface area contributed by atoms with Gasteiger partial charge in [0.05, 0.1) is 18.8 Å². The molecule has 1 aromatic rings. The van der Waals surface area contributed by atoms with Gasteiger partial charge < -0.3 is 9.84 Å². The van der Waals surface area contributed by atoms with Crippen LogP contribution in [0, 0.1) is 5.92 Å². The van der Waals surface area contributed by atoms with Gasteiger partial charge in [0.2, 0.25) is 0 Å². The molecule has 0 bridgehead atoms. The zero-order chi connectivity index (χ0) is 15.2. The van der Waals surface area contributed by atoms with Crippen LogP contribution < -0.4 is 0 Å². The summed E-state index contributed by atoms with van der Waals surface area (Å²) in [6.07, 6.45) is 1.98. The van der Waals surface area contributed by atoms with E-state index >= 15 is 0 Å². The molecule has 114 valence electrons. The van der Waals surface area contributed by atoms with Gasteiger partial charge in [0.1, 0.15) is 0 Å². The molecular weight excluding hydrogens is 248 g/mol. The van der Waals surface area contributed by atoms with Crippen molar-refractivity contribution in [2.24, 2.45) is 5.92 Å². The molecular formula is C18H30O2. The summed E-state index contributed by atoms with van der Waals surface area (Å²) in [6, 6.07) is 8.68. The van der Waals surface area contributed by atoms with Gasteiger partial charge in [-0.25, -0.2) is 0 Å². The van der Waals surface area contributed by atoms with Gasteiger partial charge in [0, 0.05) is 5.92 Å². The largest absolute Gasteiger partial charge is 0.394 e. The summed E-state index contributed by atoms with van der Waals surface area (Å²) in [4.78, 5) is 0. The Hall–Kier alpha value is -0.860. The van der Waals surface area contributed by atoms with Gasteiger partial charge in [-0.1, -0.05) is 52.0 Å². The second-order valence-electron chi connectivity index (χ2n) is 6.01. The lowest BCUT2D eigenvalue weighted by atomic mass is 9.73. The number of aryl methyl sites for hydroxylation is 1. The summed E-state index contributed by atoms with van der Waals surface area (Å²) in [5, 5.41) is 9.09. The molecule has 0 amide bonds. The second kappa shape index (κ2) is 7.80. The van der Waals surface area contributed by atoms with Gasteiger partial charge in [-0.2, -0.15) is 0 Å². The van der Waals surface area contributed by atoms with Crippen LogP contribution in [-0.4, -0.2) is 23.9 Å². The lowest BCUT2D eigenvalue weighted by molar-refractivity contribution is -0.0751. The number of hydrogen-bond acceptors (Lipinski definition) is 2. The highest BCUT2D eigenvalue weighted by Gasteiger charge is 2.37. The van der Waals surface area contributed by atoms with Crippen LogP contribution in [-0.2, 0) is 11.2 Å². The third kappa shape index (κ3) is 3.83. The molecule has 1 aromatic carbocycles. The van der Waals surface area contributed by atoms with E-state index in [9.17, 15) is 0 Å². The third-order valence-corrected chi connectivity index (χ3v) is 4.32. The molecule has 2 atom stereocenters.